The van der Waals surface area contributed by atoms with Gasteiger partial charge in [-0.25, -0.2) is 0 Å². The van der Waals surface area contributed by atoms with Crippen LogP contribution in [-0.4, -0.2) is 6.71 Å². The third kappa shape index (κ3) is 6.49. The third-order valence-corrected chi connectivity index (χ3v) is 14.0. The predicted octanol–water partition coefficient (Wildman–Crippen LogP) is 14.2. The summed E-state index contributed by atoms with van der Waals surface area (Å²) in [6.07, 6.45) is 6.97. The molecule has 11 rings (SSSR count). The molecule has 2 heterocycles. The lowest BCUT2D eigenvalue weighted by molar-refractivity contribution is 0.661. The quantitative estimate of drug-likeness (QED) is 0.120. The average molecular weight is 816 g/mol. The normalized spacial score (nSPS) is 13.8. The smallest absolute Gasteiger partial charge is 0.252 e. The SMILES string of the molecule is CCCCc1ccc(N2c3ccc(CCCC)cc3B3c4cc5c(cc4N(c4ccccc4)c4cccc2c43)-c2ccc(N(c3ccccc3)c3ccccc3)cc2C5(C)C)cc1. The van der Waals surface area contributed by atoms with E-state index in [1.54, 1.807) is 0 Å². The van der Waals surface area contributed by atoms with E-state index < -0.39 is 0 Å². The van der Waals surface area contributed by atoms with Gasteiger partial charge in [0, 0.05) is 56.6 Å². The molecule has 0 bridgehead atoms. The van der Waals surface area contributed by atoms with Gasteiger partial charge in [0.25, 0.3) is 6.71 Å². The molecule has 0 radical (unpaired) electrons. The highest BCUT2D eigenvalue weighted by molar-refractivity contribution is 7.00. The van der Waals surface area contributed by atoms with Gasteiger partial charge in [-0.05, 0) is 160 Å². The minimum absolute atomic E-state index is 0.0647. The van der Waals surface area contributed by atoms with Crippen molar-refractivity contribution in [2.75, 3.05) is 14.7 Å². The monoisotopic (exact) mass is 815 g/mol. The van der Waals surface area contributed by atoms with Crippen LogP contribution in [-0.2, 0) is 18.3 Å². The molecule has 0 aromatic heterocycles. The summed E-state index contributed by atoms with van der Waals surface area (Å²) in [7, 11) is 0. The van der Waals surface area contributed by atoms with Gasteiger partial charge < -0.3 is 14.7 Å². The zero-order chi connectivity index (χ0) is 42.7. The average Bonchev–Trinajstić information content (AvgIpc) is 3.54. The van der Waals surface area contributed by atoms with Crippen molar-refractivity contribution in [1.29, 1.82) is 0 Å². The van der Waals surface area contributed by atoms with Gasteiger partial charge in [-0.3, -0.25) is 0 Å². The summed E-state index contributed by atoms with van der Waals surface area (Å²) in [5.74, 6) is 0. The maximum absolute atomic E-state index is 2.61. The lowest BCUT2D eigenvalue weighted by Gasteiger charge is -2.44. The molecule has 0 N–H and O–H groups in total. The minimum Gasteiger partial charge on any atom is -0.311 e. The summed E-state index contributed by atoms with van der Waals surface area (Å²) in [4.78, 5) is 7.49. The number of anilines is 9. The zero-order valence-electron chi connectivity index (χ0n) is 37.0. The Morgan fingerprint density at radius 2 is 1.00 bits per heavy atom. The number of para-hydroxylation sites is 3. The molecule has 1 aliphatic carbocycles. The Morgan fingerprint density at radius 1 is 0.444 bits per heavy atom. The Kier molecular flexibility index (Phi) is 9.83. The first-order valence-electron chi connectivity index (χ1n) is 23.2. The third-order valence-electron chi connectivity index (χ3n) is 14.0. The largest absolute Gasteiger partial charge is 0.311 e. The van der Waals surface area contributed by atoms with Crippen molar-refractivity contribution in [1.82, 2.24) is 0 Å². The molecule has 0 amide bonds. The van der Waals surface area contributed by atoms with Crippen LogP contribution in [0.4, 0.5) is 51.2 Å². The van der Waals surface area contributed by atoms with Crippen molar-refractivity contribution >= 4 is 74.3 Å². The number of hydrogen-bond acceptors (Lipinski definition) is 3. The second kappa shape index (κ2) is 15.8. The van der Waals surface area contributed by atoms with Crippen LogP contribution in [0.1, 0.15) is 75.6 Å². The van der Waals surface area contributed by atoms with Gasteiger partial charge in [0.15, 0.2) is 0 Å². The van der Waals surface area contributed by atoms with Crippen LogP contribution in [0.15, 0.2) is 182 Å². The van der Waals surface area contributed by atoms with Crippen LogP contribution in [0.2, 0.25) is 0 Å². The molecule has 308 valence electrons. The molecular formula is C59H54BN3. The van der Waals surface area contributed by atoms with E-state index in [1.165, 1.54) is 115 Å². The van der Waals surface area contributed by atoms with Crippen molar-refractivity contribution in [2.45, 2.75) is 71.6 Å². The standard InChI is InChI=1S/C59H54BN3/c1-5-7-19-41-29-32-46(33-30-41)62-54-36-31-42(20-8-6-2)37-52(54)60-53-40-51-49(39-57(53)63(45-25-16-11-17-26-45)56-28-18-27-55(62)58(56)60)48-35-34-47(38-50(48)59(51,3)4)61(43-21-12-9-13-22-43)44-23-14-10-15-24-44/h9-18,21-40H,5-8,19-20H2,1-4H3. The van der Waals surface area contributed by atoms with Gasteiger partial charge >= 0.3 is 0 Å². The maximum Gasteiger partial charge on any atom is 0.252 e. The molecule has 2 aliphatic heterocycles. The van der Waals surface area contributed by atoms with Crippen LogP contribution in [0, 0.1) is 0 Å². The lowest BCUT2D eigenvalue weighted by atomic mass is 9.33. The van der Waals surface area contributed by atoms with E-state index in [4.69, 9.17) is 0 Å². The number of unbranched alkanes of at least 4 members (excludes halogenated alkanes) is 2. The van der Waals surface area contributed by atoms with E-state index in [-0.39, 0.29) is 12.1 Å². The topological polar surface area (TPSA) is 9.72 Å². The van der Waals surface area contributed by atoms with Crippen molar-refractivity contribution in [2.24, 2.45) is 0 Å². The van der Waals surface area contributed by atoms with E-state index in [2.05, 4.69) is 224 Å². The molecule has 0 fully saturated rings. The number of nitrogens with zero attached hydrogens (tertiary/aromatic N) is 3. The van der Waals surface area contributed by atoms with Gasteiger partial charge in [-0.2, -0.15) is 0 Å². The van der Waals surface area contributed by atoms with E-state index in [1.807, 2.05) is 0 Å². The lowest BCUT2D eigenvalue weighted by Crippen LogP contribution is -2.61. The van der Waals surface area contributed by atoms with Crippen LogP contribution in [0.5, 0.6) is 0 Å². The Morgan fingerprint density at radius 3 is 1.65 bits per heavy atom. The molecule has 0 spiro atoms. The fourth-order valence-corrected chi connectivity index (χ4v) is 10.8. The molecule has 0 saturated heterocycles. The first-order valence-corrected chi connectivity index (χ1v) is 23.2. The summed E-state index contributed by atoms with van der Waals surface area (Å²) < 4.78 is 0. The summed E-state index contributed by atoms with van der Waals surface area (Å²) in [6, 6.07) is 68.6. The second-order valence-corrected chi connectivity index (χ2v) is 18.2. The van der Waals surface area contributed by atoms with Gasteiger partial charge in [-0.1, -0.05) is 138 Å². The number of hydrogen-bond donors (Lipinski definition) is 0. The van der Waals surface area contributed by atoms with Crippen molar-refractivity contribution < 1.29 is 0 Å². The number of benzene rings is 8. The first kappa shape index (κ1) is 39.1. The van der Waals surface area contributed by atoms with Crippen LogP contribution in [0.25, 0.3) is 11.1 Å². The number of fused-ring (bicyclic) bond motifs is 7. The van der Waals surface area contributed by atoms with Crippen LogP contribution < -0.4 is 31.1 Å². The summed E-state index contributed by atoms with van der Waals surface area (Å²) in [5, 5.41) is 0. The Hall–Kier alpha value is -6.78. The van der Waals surface area contributed by atoms with E-state index in [0.29, 0.717) is 0 Å². The Bertz CT molecular complexity index is 2920. The fraction of sp³-hybridized carbons (Fsp3) is 0.186. The minimum atomic E-state index is -0.238. The van der Waals surface area contributed by atoms with Gasteiger partial charge in [0.05, 0.1) is 0 Å². The number of aryl methyl sites for hydroxylation is 2. The molecule has 4 heteroatoms. The molecular weight excluding hydrogens is 761 g/mol. The van der Waals surface area contributed by atoms with Gasteiger partial charge in [0.2, 0.25) is 0 Å². The van der Waals surface area contributed by atoms with Crippen molar-refractivity contribution in [3.05, 3.63) is 204 Å². The molecule has 0 atom stereocenters. The van der Waals surface area contributed by atoms with Crippen LogP contribution in [0.3, 0.4) is 0 Å². The summed E-state index contributed by atoms with van der Waals surface area (Å²) >= 11 is 0. The van der Waals surface area contributed by atoms with E-state index >= 15 is 0 Å². The van der Waals surface area contributed by atoms with E-state index in [0.717, 1.165) is 24.2 Å². The fourth-order valence-electron chi connectivity index (χ4n) is 10.8. The van der Waals surface area contributed by atoms with Crippen molar-refractivity contribution in [3.63, 3.8) is 0 Å². The molecule has 0 saturated carbocycles. The molecule has 8 aromatic rings. The van der Waals surface area contributed by atoms with Crippen molar-refractivity contribution in [3.8, 4) is 11.1 Å². The summed E-state index contributed by atoms with van der Waals surface area (Å²) in [6.45, 7) is 9.51. The molecule has 3 aliphatic rings. The second-order valence-electron chi connectivity index (χ2n) is 18.2. The van der Waals surface area contributed by atoms with Gasteiger partial charge in [-0.15, -0.1) is 0 Å². The predicted molar refractivity (Wildman–Crippen MR) is 270 cm³/mol. The Labute approximate surface area is 374 Å². The highest BCUT2D eigenvalue weighted by atomic mass is 15.2. The summed E-state index contributed by atoms with van der Waals surface area (Å²) in [5.41, 5.74) is 23.0. The molecule has 63 heavy (non-hydrogen) atoms. The van der Waals surface area contributed by atoms with E-state index in [9.17, 15) is 0 Å². The number of rotatable bonds is 11. The highest BCUT2D eigenvalue weighted by Crippen LogP contribution is 2.53. The molecule has 0 unspecified atom stereocenters. The highest BCUT2D eigenvalue weighted by Gasteiger charge is 2.46. The Balaban J connectivity index is 1.12. The molecule has 8 aromatic carbocycles. The first-order chi connectivity index (χ1) is 30.9. The zero-order valence-corrected chi connectivity index (χ0v) is 37.0. The molecule has 3 nitrogen and oxygen atoms in total. The van der Waals surface area contributed by atoms with Crippen LogP contribution >= 0.6 is 0 Å². The van der Waals surface area contributed by atoms with Gasteiger partial charge in [0.1, 0.15) is 0 Å². The maximum atomic E-state index is 2.61.